The van der Waals surface area contributed by atoms with Gasteiger partial charge in [-0.05, 0) is 51.6 Å². The molecule has 1 aromatic rings. The summed E-state index contributed by atoms with van der Waals surface area (Å²) in [5, 5.41) is -0.0141. The lowest BCUT2D eigenvalue weighted by atomic mass is 10.2. The Labute approximate surface area is 131 Å². The molecule has 0 fully saturated rings. The summed E-state index contributed by atoms with van der Waals surface area (Å²) in [6, 6.07) is 7.32. The van der Waals surface area contributed by atoms with Gasteiger partial charge >= 0.3 is 0 Å². The Balaban J connectivity index is 2.99. The van der Waals surface area contributed by atoms with Gasteiger partial charge in [-0.1, -0.05) is 12.1 Å². The van der Waals surface area contributed by atoms with Crippen LogP contribution in [-0.4, -0.2) is 47.1 Å². The fraction of sp³-hybridized carbons (Fsp3) is 0.500. The number of carbonyl (C=O) groups excluding carboxylic acids is 2. The van der Waals surface area contributed by atoms with Crippen LogP contribution in [0, 0.1) is 0 Å². The summed E-state index contributed by atoms with van der Waals surface area (Å²) < 4.78 is 0. The quantitative estimate of drug-likeness (QED) is 0.752. The van der Waals surface area contributed by atoms with E-state index in [1.807, 2.05) is 45.9 Å². The Morgan fingerprint density at radius 1 is 0.905 bits per heavy atom. The number of nitrogens with zero attached hydrogens (tertiary/aromatic N) is 2. The second-order valence-electron chi connectivity index (χ2n) is 4.51. The first-order valence-electron chi connectivity index (χ1n) is 7.43. The molecule has 4 nitrogen and oxygen atoms in total. The summed E-state index contributed by atoms with van der Waals surface area (Å²) in [6.45, 7) is 10.5. The lowest BCUT2D eigenvalue weighted by Gasteiger charge is -2.21. The van der Waals surface area contributed by atoms with Crippen molar-refractivity contribution in [2.45, 2.75) is 32.6 Å². The Morgan fingerprint density at radius 2 is 1.43 bits per heavy atom. The summed E-state index contributed by atoms with van der Waals surface area (Å²) in [4.78, 5) is 29.0. The van der Waals surface area contributed by atoms with Gasteiger partial charge in [0.05, 0.1) is 5.56 Å². The van der Waals surface area contributed by atoms with Gasteiger partial charge in [0.25, 0.3) is 11.1 Å². The molecule has 0 saturated carbocycles. The molecule has 0 aromatic heterocycles. The average Bonchev–Trinajstić information content (AvgIpc) is 2.50. The Hall–Kier alpha value is -1.49. The van der Waals surface area contributed by atoms with E-state index in [4.69, 9.17) is 0 Å². The molecule has 0 aliphatic rings. The van der Waals surface area contributed by atoms with E-state index in [1.165, 1.54) is 0 Å². The van der Waals surface area contributed by atoms with Crippen molar-refractivity contribution < 1.29 is 9.59 Å². The maximum Gasteiger partial charge on any atom is 0.286 e. The third-order valence-corrected chi connectivity index (χ3v) is 4.40. The summed E-state index contributed by atoms with van der Waals surface area (Å²) >= 11 is 1.13. The molecule has 1 rings (SSSR count). The number of thioether (sulfide) groups is 1. The van der Waals surface area contributed by atoms with E-state index in [0.29, 0.717) is 31.7 Å². The van der Waals surface area contributed by atoms with Crippen molar-refractivity contribution in [3.63, 3.8) is 0 Å². The third-order valence-electron chi connectivity index (χ3n) is 3.39. The molecule has 2 amide bonds. The van der Waals surface area contributed by atoms with Crippen molar-refractivity contribution in [1.82, 2.24) is 9.80 Å². The SMILES string of the molecule is CCN(CC)C(=O)Sc1ccccc1C(=O)N(CC)CC. The highest BCUT2D eigenvalue weighted by atomic mass is 32.2. The van der Waals surface area contributed by atoms with E-state index in [-0.39, 0.29) is 11.1 Å². The van der Waals surface area contributed by atoms with Gasteiger partial charge in [0.1, 0.15) is 0 Å². The molecule has 21 heavy (non-hydrogen) atoms. The molecule has 0 spiro atoms. The molecule has 0 heterocycles. The lowest BCUT2D eigenvalue weighted by molar-refractivity contribution is 0.0769. The molecule has 0 bridgehead atoms. The molecule has 0 aliphatic heterocycles. The number of rotatable bonds is 6. The second kappa shape index (κ2) is 8.72. The molecule has 0 radical (unpaired) electrons. The van der Waals surface area contributed by atoms with Gasteiger partial charge in [-0.3, -0.25) is 9.59 Å². The van der Waals surface area contributed by atoms with Crippen molar-refractivity contribution in [2.75, 3.05) is 26.2 Å². The molecule has 0 N–H and O–H groups in total. The number of carbonyl (C=O) groups is 2. The van der Waals surface area contributed by atoms with Gasteiger partial charge in [0, 0.05) is 31.1 Å². The Kier molecular flexibility index (Phi) is 7.29. The van der Waals surface area contributed by atoms with E-state index in [1.54, 1.807) is 15.9 Å². The highest BCUT2D eigenvalue weighted by Crippen LogP contribution is 2.26. The fourth-order valence-electron chi connectivity index (χ4n) is 2.05. The maximum absolute atomic E-state index is 12.5. The first-order chi connectivity index (χ1) is 10.1. The third kappa shape index (κ3) is 4.49. The van der Waals surface area contributed by atoms with Crippen LogP contribution in [0.2, 0.25) is 0 Å². The van der Waals surface area contributed by atoms with E-state index in [2.05, 4.69) is 0 Å². The van der Waals surface area contributed by atoms with Gasteiger partial charge in [-0.2, -0.15) is 0 Å². The van der Waals surface area contributed by atoms with Gasteiger partial charge < -0.3 is 9.80 Å². The number of hydrogen-bond acceptors (Lipinski definition) is 3. The molecule has 0 atom stereocenters. The summed E-state index contributed by atoms with van der Waals surface area (Å²) in [5.41, 5.74) is 0.603. The Bertz CT molecular complexity index is 483. The van der Waals surface area contributed by atoms with Crippen LogP contribution in [0.15, 0.2) is 29.2 Å². The largest absolute Gasteiger partial charge is 0.339 e. The molecule has 0 saturated heterocycles. The van der Waals surface area contributed by atoms with E-state index in [0.717, 1.165) is 16.7 Å². The first-order valence-corrected chi connectivity index (χ1v) is 8.25. The molecule has 5 heteroatoms. The highest BCUT2D eigenvalue weighted by molar-refractivity contribution is 8.13. The van der Waals surface area contributed by atoms with Crippen LogP contribution >= 0.6 is 11.8 Å². The van der Waals surface area contributed by atoms with Gasteiger partial charge in [0.15, 0.2) is 0 Å². The monoisotopic (exact) mass is 308 g/mol. The standard InChI is InChI=1S/C16H24N2O2S/c1-5-17(6-2)15(19)13-11-9-10-12-14(13)21-16(20)18(7-3)8-4/h9-12H,5-8H2,1-4H3. The number of benzene rings is 1. The maximum atomic E-state index is 12.5. The van der Waals surface area contributed by atoms with Crippen LogP contribution in [0.1, 0.15) is 38.1 Å². The topological polar surface area (TPSA) is 40.6 Å². The molecule has 0 aliphatic carbocycles. The van der Waals surface area contributed by atoms with Crippen molar-refractivity contribution in [1.29, 1.82) is 0 Å². The minimum atomic E-state index is -0.0181. The highest BCUT2D eigenvalue weighted by Gasteiger charge is 2.19. The van der Waals surface area contributed by atoms with Crippen molar-refractivity contribution >= 4 is 22.9 Å². The summed E-state index contributed by atoms with van der Waals surface area (Å²) in [6.07, 6.45) is 0. The van der Waals surface area contributed by atoms with Crippen LogP contribution in [-0.2, 0) is 0 Å². The lowest BCUT2D eigenvalue weighted by Crippen LogP contribution is -2.31. The Morgan fingerprint density at radius 3 is 1.95 bits per heavy atom. The normalized spacial score (nSPS) is 10.3. The predicted octanol–water partition coefficient (Wildman–Crippen LogP) is 3.72. The second-order valence-corrected chi connectivity index (χ2v) is 5.51. The summed E-state index contributed by atoms with van der Waals surface area (Å²) in [7, 11) is 0. The molecule has 116 valence electrons. The first kappa shape index (κ1) is 17.6. The molecular weight excluding hydrogens is 284 g/mol. The minimum absolute atomic E-state index is 0.0141. The van der Waals surface area contributed by atoms with Gasteiger partial charge in [-0.25, -0.2) is 0 Å². The van der Waals surface area contributed by atoms with E-state index < -0.39 is 0 Å². The van der Waals surface area contributed by atoms with Crippen LogP contribution in [0.5, 0.6) is 0 Å². The smallest absolute Gasteiger partial charge is 0.286 e. The number of amides is 2. The zero-order chi connectivity index (χ0) is 15.8. The molecule has 1 aromatic carbocycles. The van der Waals surface area contributed by atoms with Crippen molar-refractivity contribution in [3.05, 3.63) is 29.8 Å². The van der Waals surface area contributed by atoms with Crippen LogP contribution in [0.4, 0.5) is 4.79 Å². The zero-order valence-corrected chi connectivity index (χ0v) is 14.1. The van der Waals surface area contributed by atoms with Crippen LogP contribution < -0.4 is 0 Å². The fourth-order valence-corrected chi connectivity index (χ4v) is 3.04. The van der Waals surface area contributed by atoms with E-state index in [9.17, 15) is 9.59 Å². The minimum Gasteiger partial charge on any atom is -0.339 e. The van der Waals surface area contributed by atoms with Gasteiger partial charge in [-0.15, -0.1) is 0 Å². The summed E-state index contributed by atoms with van der Waals surface area (Å²) in [5.74, 6) is -0.0181. The van der Waals surface area contributed by atoms with Crippen molar-refractivity contribution in [3.8, 4) is 0 Å². The predicted molar refractivity (Wildman–Crippen MR) is 87.9 cm³/mol. The number of hydrogen-bond donors (Lipinski definition) is 0. The zero-order valence-electron chi connectivity index (χ0n) is 13.3. The molecule has 0 unspecified atom stereocenters. The molecular formula is C16H24N2O2S. The van der Waals surface area contributed by atoms with E-state index >= 15 is 0 Å². The van der Waals surface area contributed by atoms with Gasteiger partial charge in [0.2, 0.25) is 0 Å². The average molecular weight is 308 g/mol. The van der Waals surface area contributed by atoms with Crippen LogP contribution in [0.25, 0.3) is 0 Å². The van der Waals surface area contributed by atoms with Crippen LogP contribution in [0.3, 0.4) is 0 Å². The van der Waals surface area contributed by atoms with Crippen molar-refractivity contribution in [2.24, 2.45) is 0 Å².